The van der Waals surface area contributed by atoms with Gasteiger partial charge in [-0.25, -0.2) is 0 Å². The highest BCUT2D eigenvalue weighted by Crippen LogP contribution is 2.17. The Kier molecular flexibility index (Phi) is 4.60. The van der Waals surface area contributed by atoms with E-state index in [4.69, 9.17) is 0 Å². The summed E-state index contributed by atoms with van der Waals surface area (Å²) in [6.45, 7) is 6.97. The van der Waals surface area contributed by atoms with E-state index in [1.54, 1.807) is 13.8 Å². The molecule has 0 heterocycles. The second-order valence-corrected chi connectivity index (χ2v) is 3.90. The van der Waals surface area contributed by atoms with Crippen LogP contribution in [0.5, 0.6) is 0 Å². The van der Waals surface area contributed by atoms with Gasteiger partial charge in [0.05, 0.1) is 7.11 Å². The number of hydrogen-bond acceptors (Lipinski definition) is 3. The van der Waals surface area contributed by atoms with Gasteiger partial charge in [-0.3, -0.25) is 9.59 Å². The summed E-state index contributed by atoms with van der Waals surface area (Å²) >= 11 is 0. The third kappa shape index (κ3) is 3.01. The van der Waals surface area contributed by atoms with Gasteiger partial charge in [-0.1, -0.05) is 6.92 Å². The van der Waals surface area contributed by atoms with Crippen LogP contribution in [0, 0.1) is 5.41 Å². The molecule has 1 atom stereocenters. The molecule has 14 heavy (non-hydrogen) atoms. The minimum absolute atomic E-state index is 0.0754. The van der Waals surface area contributed by atoms with Crippen LogP contribution < -0.4 is 5.32 Å². The minimum Gasteiger partial charge on any atom is -0.468 e. The Hall–Kier alpha value is -1.06. The largest absolute Gasteiger partial charge is 0.468 e. The highest BCUT2D eigenvalue weighted by Gasteiger charge is 2.37. The minimum atomic E-state index is -1.11. The van der Waals surface area contributed by atoms with Gasteiger partial charge in [-0.15, -0.1) is 0 Å². The zero-order valence-electron chi connectivity index (χ0n) is 9.51. The average molecular weight is 201 g/mol. The fourth-order valence-corrected chi connectivity index (χ4v) is 0.854. The van der Waals surface area contributed by atoms with Crippen molar-refractivity contribution in [2.24, 2.45) is 5.41 Å². The van der Waals surface area contributed by atoms with E-state index in [-0.39, 0.29) is 11.9 Å². The predicted octanol–water partition coefficient (Wildman–Crippen LogP) is 1.10. The summed E-state index contributed by atoms with van der Waals surface area (Å²) in [5.41, 5.74) is -1.11. The van der Waals surface area contributed by atoms with Crippen molar-refractivity contribution in [1.29, 1.82) is 0 Å². The van der Waals surface area contributed by atoms with Gasteiger partial charge in [0.15, 0.2) is 0 Å². The summed E-state index contributed by atoms with van der Waals surface area (Å²) in [5.74, 6) is -0.808. The lowest BCUT2D eigenvalue weighted by Crippen LogP contribution is -2.46. The molecule has 82 valence electrons. The van der Waals surface area contributed by atoms with E-state index in [0.717, 1.165) is 6.42 Å². The van der Waals surface area contributed by atoms with E-state index in [9.17, 15) is 9.59 Å². The fourth-order valence-electron chi connectivity index (χ4n) is 0.854. The first-order chi connectivity index (χ1) is 6.36. The molecule has 1 amide bonds. The van der Waals surface area contributed by atoms with Crippen molar-refractivity contribution in [2.45, 2.75) is 40.2 Å². The number of ether oxygens (including phenoxy) is 1. The van der Waals surface area contributed by atoms with Crippen LogP contribution in [0.2, 0.25) is 0 Å². The highest BCUT2D eigenvalue weighted by molar-refractivity contribution is 6.01. The maximum atomic E-state index is 11.6. The summed E-state index contributed by atoms with van der Waals surface area (Å²) in [4.78, 5) is 22.9. The molecule has 0 spiro atoms. The maximum absolute atomic E-state index is 11.6. The number of carbonyl (C=O) groups is 2. The number of nitrogens with one attached hydrogen (secondary N) is 1. The molecule has 0 radical (unpaired) electrons. The number of hydrogen-bond donors (Lipinski definition) is 1. The summed E-state index contributed by atoms with van der Waals surface area (Å²) in [6, 6.07) is 0.0754. The quantitative estimate of drug-likeness (QED) is 0.547. The van der Waals surface area contributed by atoms with Gasteiger partial charge in [-0.2, -0.15) is 0 Å². The van der Waals surface area contributed by atoms with Crippen LogP contribution in [0.25, 0.3) is 0 Å². The molecule has 1 unspecified atom stereocenters. The predicted molar refractivity (Wildman–Crippen MR) is 53.7 cm³/mol. The van der Waals surface area contributed by atoms with E-state index in [0.29, 0.717) is 0 Å². The Bertz CT molecular complexity index is 223. The maximum Gasteiger partial charge on any atom is 0.320 e. The zero-order valence-corrected chi connectivity index (χ0v) is 9.51. The summed E-state index contributed by atoms with van der Waals surface area (Å²) < 4.78 is 4.55. The molecular formula is C10H19NO3. The number of amides is 1. The molecule has 0 bridgehead atoms. The van der Waals surface area contributed by atoms with Crippen LogP contribution in [0.4, 0.5) is 0 Å². The molecule has 0 rings (SSSR count). The molecule has 4 heteroatoms. The van der Waals surface area contributed by atoms with Crippen molar-refractivity contribution < 1.29 is 14.3 Å². The zero-order chi connectivity index (χ0) is 11.4. The lowest BCUT2D eigenvalue weighted by molar-refractivity contribution is -0.156. The summed E-state index contributed by atoms with van der Waals surface area (Å²) in [5, 5.41) is 2.75. The van der Waals surface area contributed by atoms with Gasteiger partial charge in [0.1, 0.15) is 5.41 Å². The Labute approximate surface area is 85.0 Å². The molecule has 0 saturated carbocycles. The van der Waals surface area contributed by atoms with Gasteiger partial charge in [0.25, 0.3) is 0 Å². The van der Waals surface area contributed by atoms with Crippen LogP contribution in [-0.4, -0.2) is 25.0 Å². The van der Waals surface area contributed by atoms with Gasteiger partial charge in [-0.05, 0) is 27.2 Å². The van der Waals surface area contributed by atoms with Crippen LogP contribution in [-0.2, 0) is 14.3 Å². The van der Waals surface area contributed by atoms with Gasteiger partial charge < -0.3 is 10.1 Å². The van der Waals surface area contributed by atoms with E-state index < -0.39 is 11.4 Å². The first-order valence-corrected chi connectivity index (χ1v) is 4.75. The van der Waals surface area contributed by atoms with E-state index in [1.807, 2.05) is 13.8 Å². The van der Waals surface area contributed by atoms with Crippen molar-refractivity contribution in [3.05, 3.63) is 0 Å². The summed E-state index contributed by atoms with van der Waals surface area (Å²) in [6.07, 6.45) is 0.836. The molecule has 0 aliphatic heterocycles. The normalized spacial score (nSPS) is 13.2. The molecule has 1 N–H and O–H groups in total. The monoisotopic (exact) mass is 201 g/mol. The first kappa shape index (κ1) is 12.9. The SMILES string of the molecule is CCC(C)NC(=O)C(C)(C)C(=O)OC. The fraction of sp³-hybridized carbons (Fsp3) is 0.800. The molecule has 4 nitrogen and oxygen atoms in total. The van der Waals surface area contributed by atoms with Crippen molar-refractivity contribution in [3.63, 3.8) is 0 Å². The number of esters is 1. The Morgan fingerprint density at radius 2 is 1.93 bits per heavy atom. The van der Waals surface area contributed by atoms with Crippen molar-refractivity contribution >= 4 is 11.9 Å². The molecule has 0 aromatic carbocycles. The lowest BCUT2D eigenvalue weighted by Gasteiger charge is -2.22. The van der Waals surface area contributed by atoms with Crippen molar-refractivity contribution in [2.75, 3.05) is 7.11 Å². The lowest BCUT2D eigenvalue weighted by atomic mass is 9.92. The van der Waals surface area contributed by atoms with E-state index in [1.165, 1.54) is 7.11 Å². The van der Waals surface area contributed by atoms with Gasteiger partial charge in [0.2, 0.25) is 5.91 Å². The van der Waals surface area contributed by atoms with Crippen LogP contribution in [0.15, 0.2) is 0 Å². The van der Waals surface area contributed by atoms with Crippen LogP contribution >= 0.6 is 0 Å². The molecule has 0 fully saturated rings. The van der Waals surface area contributed by atoms with Crippen LogP contribution in [0.1, 0.15) is 34.1 Å². The molecule has 0 aliphatic rings. The van der Waals surface area contributed by atoms with Crippen molar-refractivity contribution in [3.8, 4) is 0 Å². The van der Waals surface area contributed by atoms with Crippen molar-refractivity contribution in [1.82, 2.24) is 5.32 Å². The highest BCUT2D eigenvalue weighted by atomic mass is 16.5. The van der Waals surface area contributed by atoms with E-state index in [2.05, 4.69) is 10.1 Å². The molecule has 0 aromatic heterocycles. The second-order valence-electron chi connectivity index (χ2n) is 3.90. The Balaban J connectivity index is 4.43. The first-order valence-electron chi connectivity index (χ1n) is 4.75. The topological polar surface area (TPSA) is 55.4 Å². The van der Waals surface area contributed by atoms with Gasteiger partial charge >= 0.3 is 5.97 Å². The number of carbonyl (C=O) groups excluding carboxylic acids is 2. The Morgan fingerprint density at radius 1 is 1.43 bits per heavy atom. The molecule has 0 saturated heterocycles. The molecular weight excluding hydrogens is 182 g/mol. The summed E-state index contributed by atoms with van der Waals surface area (Å²) in [7, 11) is 1.28. The standard InChI is InChI=1S/C10H19NO3/c1-6-7(2)11-8(12)10(3,4)9(13)14-5/h7H,6H2,1-5H3,(H,11,12). The smallest absolute Gasteiger partial charge is 0.320 e. The van der Waals surface area contributed by atoms with Gasteiger partial charge in [0, 0.05) is 6.04 Å². The third-order valence-corrected chi connectivity index (χ3v) is 2.25. The molecule has 0 aromatic rings. The number of methoxy groups -OCH3 is 1. The third-order valence-electron chi connectivity index (χ3n) is 2.25. The Morgan fingerprint density at radius 3 is 2.29 bits per heavy atom. The second kappa shape index (κ2) is 4.98. The average Bonchev–Trinajstić information content (AvgIpc) is 2.15. The molecule has 0 aliphatic carbocycles. The van der Waals surface area contributed by atoms with E-state index >= 15 is 0 Å². The number of rotatable bonds is 4. The van der Waals surface area contributed by atoms with Crippen LogP contribution in [0.3, 0.4) is 0 Å².